The number of nitro groups is 2. The summed E-state index contributed by atoms with van der Waals surface area (Å²) < 4.78 is 53.1. The fourth-order valence-electron chi connectivity index (χ4n) is 13.4. The molecule has 8 aromatic carbocycles. The van der Waals surface area contributed by atoms with Gasteiger partial charge in [-0.3, -0.25) is 20.2 Å². The number of carboxylic acids is 2. The number of hydrogen-bond donors (Lipinski definition) is 0. The van der Waals surface area contributed by atoms with Crippen LogP contribution in [0.2, 0.25) is 0 Å². The molecule has 0 saturated heterocycles. The van der Waals surface area contributed by atoms with E-state index in [0.717, 1.165) is 138 Å². The number of benzene rings is 8. The third kappa shape index (κ3) is 20.0. The number of carbonyl (C=O) groups is 2. The second-order valence-corrected chi connectivity index (χ2v) is 39.9. The van der Waals surface area contributed by atoms with Gasteiger partial charge in [0.15, 0.2) is 23.0 Å². The Morgan fingerprint density at radius 3 is 0.700 bits per heavy atom. The van der Waals surface area contributed by atoms with Crippen molar-refractivity contribution in [3.8, 4) is 57.1 Å². The van der Waals surface area contributed by atoms with Crippen molar-refractivity contribution >= 4 is 71.0 Å². The largest absolute Gasteiger partial charge is 1.00 e. The van der Waals surface area contributed by atoms with E-state index < -0.39 is 37.6 Å². The van der Waals surface area contributed by atoms with E-state index in [0.29, 0.717) is 23.0 Å². The van der Waals surface area contributed by atoms with Crippen molar-refractivity contribution in [2.75, 3.05) is 42.0 Å². The van der Waals surface area contributed by atoms with Crippen molar-refractivity contribution in [3.05, 3.63) is 197 Å². The second kappa shape index (κ2) is 34.3. The van der Waals surface area contributed by atoms with Gasteiger partial charge in [-0.15, -0.1) is 0 Å². The van der Waals surface area contributed by atoms with E-state index in [9.17, 15) is 40.0 Å². The Labute approximate surface area is 684 Å². The summed E-state index contributed by atoms with van der Waals surface area (Å²) in [6.07, 6.45) is 0. The Bertz CT molecular complexity index is 4060. The molecular formula is C88H108Au2N2O16P2. The summed E-state index contributed by atoms with van der Waals surface area (Å²) >= 11 is 0. The van der Waals surface area contributed by atoms with Gasteiger partial charge in [-0.1, -0.05) is 166 Å². The predicted molar refractivity (Wildman–Crippen MR) is 432 cm³/mol. The molecule has 0 bridgehead atoms. The van der Waals surface area contributed by atoms with Gasteiger partial charge >= 0.3 is 44.8 Å². The minimum atomic E-state index is -1.50. The zero-order valence-corrected chi connectivity index (χ0v) is 75.0. The van der Waals surface area contributed by atoms with Crippen molar-refractivity contribution in [1.82, 2.24) is 0 Å². The van der Waals surface area contributed by atoms with Crippen LogP contribution in [0.25, 0.3) is 11.1 Å². The van der Waals surface area contributed by atoms with Crippen molar-refractivity contribution in [1.29, 1.82) is 0 Å². The van der Waals surface area contributed by atoms with Gasteiger partial charge in [0, 0.05) is 79.9 Å². The minimum Gasteiger partial charge on any atom is -0.545 e. The molecule has 0 atom stereocenters. The SMILES string of the molecule is COc1c(C(C)(C)C)cc(P(c2cc(C(C)(C)C)c(OC)c(C(C)(C)C)c2)c2ccc3c(c2-c2c(P(c4cc(C(C)(C)C)c(OC)c(C(C)(C)C)c4)c4cc(C(C)(C)C)c(OC)c(C(C)(C)C)c4)ccc4c2OCO4)OCO3)cc1C(C)(C)C.O=C([O-])c1ccc([N+](=O)[O-])cc1.O=C([O-])c1ccc([N+](=O)[O-])cc1.[Au+].[Au+]. The number of nitrogens with zero attached hydrogens (tertiary/aromatic N) is 2. The molecule has 22 heteroatoms. The van der Waals surface area contributed by atoms with Gasteiger partial charge in [-0.25, -0.2) is 0 Å². The Balaban J connectivity index is 0.000000615. The number of carbonyl (C=O) groups excluding carboxylic acids is 2. The Morgan fingerprint density at radius 1 is 0.336 bits per heavy atom. The van der Waals surface area contributed by atoms with E-state index >= 15 is 0 Å². The number of fused-ring (bicyclic) bond motifs is 2. The molecule has 0 unspecified atom stereocenters. The molecule has 0 aliphatic carbocycles. The van der Waals surface area contributed by atoms with Crippen LogP contribution in [-0.2, 0) is 88.1 Å². The van der Waals surface area contributed by atoms with Crippen molar-refractivity contribution in [2.45, 2.75) is 209 Å². The van der Waals surface area contributed by atoms with E-state index in [1.54, 1.807) is 0 Å². The molecule has 598 valence electrons. The number of methoxy groups -OCH3 is 4. The molecule has 0 fully saturated rings. The normalized spacial score (nSPS) is 12.9. The van der Waals surface area contributed by atoms with Crippen LogP contribution in [0, 0.1) is 20.2 Å². The van der Waals surface area contributed by atoms with Gasteiger partial charge in [0.25, 0.3) is 11.4 Å². The number of hydrogen-bond acceptors (Lipinski definition) is 16. The first-order valence-electron chi connectivity index (χ1n) is 36.1. The molecule has 0 saturated carbocycles. The van der Waals surface area contributed by atoms with E-state index in [-0.39, 0.29) is 124 Å². The molecule has 0 amide bonds. The third-order valence-electron chi connectivity index (χ3n) is 19.0. The molecule has 2 aliphatic rings. The predicted octanol–water partition coefficient (Wildman–Crippen LogP) is 16.7. The number of ether oxygens (including phenoxy) is 8. The molecule has 10 rings (SSSR count). The summed E-state index contributed by atoms with van der Waals surface area (Å²) in [7, 11) is 4.29. The van der Waals surface area contributed by atoms with Crippen LogP contribution in [0.3, 0.4) is 0 Å². The van der Waals surface area contributed by atoms with Crippen LogP contribution in [0.4, 0.5) is 11.4 Å². The molecule has 0 radical (unpaired) electrons. The van der Waals surface area contributed by atoms with Gasteiger partial charge in [-0.2, -0.15) is 0 Å². The van der Waals surface area contributed by atoms with Gasteiger partial charge in [0.1, 0.15) is 23.0 Å². The van der Waals surface area contributed by atoms with Gasteiger partial charge in [-0.05, 0) is 199 Å². The zero-order chi connectivity index (χ0) is 80.8. The summed E-state index contributed by atoms with van der Waals surface area (Å²) in [5.74, 6) is 3.73. The molecule has 18 nitrogen and oxygen atoms in total. The Hall–Kier alpha value is -7.76. The summed E-state index contributed by atoms with van der Waals surface area (Å²) in [5, 5.41) is 47.6. The average Bonchev–Trinajstić information content (AvgIpc) is 1.24. The topological polar surface area (TPSA) is 240 Å². The standard InChI is InChI=1S/C74H100O8P2.2C7H5NO4.2Au/c1-67(2,3)47-33-43(34-48(61(47)75-25)68(4,5)6)83(44-35-49(69(7,8)9)62(76-26)50(36-44)70(10,11)12)57-31-29-55-65(81-41-79-55)59(57)60-58(32-30-56-66(60)82-42-80-56)84(45-37-51(71(13,14)15)63(77-27)52(38-45)72(16,17)18)46-39-53(73(19,20)21)64(78-28)54(40-46)74(22,23)24;2*9-7(10)5-1-3-6(4-2-5)8(11)12;;/h29-40H,41-42H2,1-28H3;2*1-4H,(H,9,10);;/q;;;2*+1/p-2. The summed E-state index contributed by atoms with van der Waals surface area (Å²) in [6, 6.07) is 37.4. The maximum Gasteiger partial charge on any atom is 1.00 e. The molecule has 110 heavy (non-hydrogen) atoms. The van der Waals surface area contributed by atoms with E-state index in [2.05, 4.69) is 239 Å². The van der Waals surface area contributed by atoms with Crippen LogP contribution >= 0.6 is 15.8 Å². The van der Waals surface area contributed by atoms with Crippen LogP contribution in [-0.4, -0.2) is 63.8 Å². The van der Waals surface area contributed by atoms with E-state index in [1.807, 2.05) is 28.4 Å². The summed E-state index contributed by atoms with van der Waals surface area (Å²) in [4.78, 5) is 39.5. The molecular weight excluding hydrogens is 1800 g/mol. The van der Waals surface area contributed by atoms with E-state index in [4.69, 9.17) is 37.9 Å². The Kier molecular flexibility index (Phi) is 28.4. The fourth-order valence-corrected chi connectivity index (χ4v) is 18.5. The maximum atomic E-state index is 10.2. The quantitative estimate of drug-likeness (QED) is 0.0401. The van der Waals surface area contributed by atoms with Crippen LogP contribution < -0.4 is 79.9 Å². The monoisotopic (exact) mass is 1900 g/mol. The van der Waals surface area contributed by atoms with Crippen molar-refractivity contribution in [2.24, 2.45) is 0 Å². The minimum absolute atomic E-state index is 0. The first kappa shape index (κ1) is 91.1. The summed E-state index contributed by atoms with van der Waals surface area (Å²) in [6.45, 7) is 55.2. The number of aromatic carboxylic acids is 2. The first-order valence-corrected chi connectivity index (χ1v) is 38.8. The summed E-state index contributed by atoms with van der Waals surface area (Å²) in [5.41, 5.74) is 8.37. The van der Waals surface area contributed by atoms with Crippen LogP contribution in [0.5, 0.6) is 46.0 Å². The van der Waals surface area contributed by atoms with Crippen molar-refractivity contribution in [3.63, 3.8) is 0 Å². The third-order valence-corrected chi connectivity index (χ3v) is 23.8. The van der Waals surface area contributed by atoms with Gasteiger partial charge < -0.3 is 57.7 Å². The number of non-ortho nitro benzene ring substituents is 2. The molecule has 0 spiro atoms. The zero-order valence-electron chi connectivity index (χ0n) is 68.9. The van der Waals surface area contributed by atoms with Gasteiger partial charge in [0.05, 0.1) is 50.2 Å². The van der Waals surface area contributed by atoms with Crippen LogP contribution in [0.15, 0.2) is 121 Å². The van der Waals surface area contributed by atoms with Gasteiger partial charge in [0.2, 0.25) is 13.6 Å². The molecule has 0 aromatic heterocycles. The second-order valence-electron chi connectivity index (χ2n) is 35.5. The number of carboxylic acid groups (broad SMARTS) is 2. The maximum absolute atomic E-state index is 10.2. The molecule has 2 heterocycles. The smallest absolute Gasteiger partial charge is 0.545 e. The number of nitro benzene ring substituents is 2. The molecule has 8 aromatic rings. The van der Waals surface area contributed by atoms with Crippen LogP contribution in [0.1, 0.15) is 231 Å². The molecule has 2 aliphatic heterocycles. The first-order chi connectivity index (χ1) is 49.8. The Morgan fingerprint density at radius 2 is 0.536 bits per heavy atom. The molecule has 0 N–H and O–H groups in total. The van der Waals surface area contributed by atoms with Crippen molar-refractivity contribution < 1.29 is 112 Å². The fraction of sp³-hybridized carbons (Fsp3) is 0.432. The average molecular weight is 1910 g/mol. The number of rotatable bonds is 15. The van der Waals surface area contributed by atoms with E-state index in [1.165, 1.54) is 21.2 Å².